The molecule has 2 aromatic rings. The van der Waals surface area contributed by atoms with Crippen molar-refractivity contribution in [2.45, 2.75) is 19.8 Å². The third-order valence-corrected chi connectivity index (χ3v) is 3.60. The van der Waals surface area contributed by atoms with Gasteiger partial charge in [0.15, 0.2) is 5.82 Å². The lowest BCUT2D eigenvalue weighted by Crippen LogP contribution is -2.35. The van der Waals surface area contributed by atoms with Crippen LogP contribution in [0.3, 0.4) is 0 Å². The third-order valence-electron chi connectivity index (χ3n) is 3.60. The summed E-state index contributed by atoms with van der Waals surface area (Å²) in [6, 6.07) is 6.15. The van der Waals surface area contributed by atoms with Crippen LogP contribution in [0.15, 0.2) is 30.5 Å². The van der Waals surface area contributed by atoms with E-state index in [9.17, 15) is 4.39 Å². The highest BCUT2D eigenvalue weighted by atomic mass is 19.1. The predicted molar refractivity (Wildman–Crippen MR) is 80.1 cm³/mol. The predicted octanol–water partition coefficient (Wildman–Crippen LogP) is 2.99. The minimum Gasteiger partial charge on any atom is -0.339 e. The van der Waals surface area contributed by atoms with E-state index in [1.54, 1.807) is 18.3 Å². The number of benzene rings is 1. The Hall–Kier alpha value is -2.24. The summed E-state index contributed by atoms with van der Waals surface area (Å²) in [4.78, 5) is 6.66. The number of hydrogen-bond acceptors (Lipinski definition) is 5. The van der Waals surface area contributed by atoms with Crippen LogP contribution in [0, 0.1) is 11.7 Å². The molecule has 110 valence electrons. The van der Waals surface area contributed by atoms with E-state index in [4.69, 9.17) is 0 Å². The Bertz CT molecular complexity index is 601. The largest absolute Gasteiger partial charge is 0.339 e. The second kappa shape index (κ2) is 6.03. The number of nitrogens with zero attached hydrogens (tertiary/aromatic N) is 4. The van der Waals surface area contributed by atoms with Crippen molar-refractivity contribution in [3.05, 3.63) is 36.3 Å². The van der Waals surface area contributed by atoms with Crippen molar-refractivity contribution >= 4 is 17.5 Å². The van der Waals surface area contributed by atoms with Gasteiger partial charge in [0.05, 0.1) is 6.20 Å². The van der Waals surface area contributed by atoms with Crippen LogP contribution in [0.1, 0.15) is 19.8 Å². The molecule has 1 aromatic heterocycles. The average Bonchev–Trinajstić information content (AvgIpc) is 2.50. The van der Waals surface area contributed by atoms with Gasteiger partial charge >= 0.3 is 0 Å². The molecule has 3 rings (SSSR count). The van der Waals surface area contributed by atoms with E-state index >= 15 is 0 Å². The Morgan fingerprint density at radius 3 is 2.86 bits per heavy atom. The lowest BCUT2D eigenvalue weighted by molar-refractivity contribution is 0.441. The van der Waals surface area contributed by atoms with Crippen molar-refractivity contribution in [1.29, 1.82) is 0 Å². The summed E-state index contributed by atoms with van der Waals surface area (Å²) in [7, 11) is 0. The molecule has 0 amide bonds. The van der Waals surface area contributed by atoms with Crippen molar-refractivity contribution in [2.75, 3.05) is 23.3 Å². The fourth-order valence-corrected chi connectivity index (χ4v) is 2.54. The maximum atomic E-state index is 12.9. The van der Waals surface area contributed by atoms with Gasteiger partial charge in [0.1, 0.15) is 5.82 Å². The molecule has 5 nitrogen and oxygen atoms in total. The zero-order valence-electron chi connectivity index (χ0n) is 12.0. The summed E-state index contributed by atoms with van der Waals surface area (Å²) < 4.78 is 12.9. The molecule has 6 heteroatoms. The van der Waals surface area contributed by atoms with Gasteiger partial charge in [-0.3, -0.25) is 0 Å². The van der Waals surface area contributed by atoms with Crippen LogP contribution < -0.4 is 10.2 Å². The first-order valence-corrected chi connectivity index (χ1v) is 7.18. The van der Waals surface area contributed by atoms with E-state index in [-0.39, 0.29) is 5.82 Å². The summed E-state index contributed by atoms with van der Waals surface area (Å²) in [5.74, 6) is 1.65. The Labute approximate surface area is 123 Å². The molecule has 1 aromatic carbocycles. The summed E-state index contributed by atoms with van der Waals surface area (Å²) in [6.07, 6.45) is 3.97. The molecule has 1 atom stereocenters. The molecule has 1 aliphatic rings. The normalized spacial score (nSPS) is 18.6. The smallest absolute Gasteiger partial charge is 0.247 e. The van der Waals surface area contributed by atoms with E-state index in [1.807, 2.05) is 0 Å². The van der Waals surface area contributed by atoms with Crippen LogP contribution in [0.25, 0.3) is 0 Å². The lowest BCUT2D eigenvalue weighted by Gasteiger charge is -2.30. The molecule has 0 bridgehead atoms. The standard InChI is InChI=1S/C15H18FN5/c1-11-3-2-8-21(10-11)15-19-14(9-17-20-15)18-13-6-4-12(16)5-7-13/h4-7,9,11H,2-3,8,10H2,1H3,(H,18,19,20). The zero-order chi connectivity index (χ0) is 14.7. The second-order valence-corrected chi connectivity index (χ2v) is 5.47. The number of aromatic nitrogens is 3. The molecular formula is C15H18FN5. The summed E-state index contributed by atoms with van der Waals surface area (Å²) in [6.45, 7) is 4.16. The highest BCUT2D eigenvalue weighted by Gasteiger charge is 2.19. The van der Waals surface area contributed by atoms with Crippen LogP contribution in [0.4, 0.5) is 21.8 Å². The van der Waals surface area contributed by atoms with E-state index < -0.39 is 0 Å². The Kier molecular flexibility index (Phi) is 3.94. The van der Waals surface area contributed by atoms with E-state index in [0.717, 1.165) is 25.2 Å². The summed E-state index contributed by atoms with van der Waals surface area (Å²) in [5, 5.41) is 11.2. The quantitative estimate of drug-likeness (QED) is 0.940. The molecule has 1 N–H and O–H groups in total. The molecular weight excluding hydrogens is 269 g/mol. The highest BCUT2D eigenvalue weighted by molar-refractivity contribution is 5.56. The van der Waals surface area contributed by atoms with Gasteiger partial charge in [0.2, 0.25) is 5.95 Å². The number of piperidine rings is 1. The molecule has 0 spiro atoms. The number of rotatable bonds is 3. The maximum Gasteiger partial charge on any atom is 0.247 e. The van der Waals surface area contributed by atoms with E-state index in [1.165, 1.54) is 18.6 Å². The average molecular weight is 287 g/mol. The van der Waals surface area contributed by atoms with Gasteiger partial charge in [-0.15, -0.1) is 5.10 Å². The molecule has 0 saturated carbocycles. The monoisotopic (exact) mass is 287 g/mol. The Morgan fingerprint density at radius 1 is 1.29 bits per heavy atom. The minimum atomic E-state index is -0.260. The van der Waals surface area contributed by atoms with Gasteiger partial charge in [-0.05, 0) is 43.0 Å². The fraction of sp³-hybridized carbons (Fsp3) is 0.400. The van der Waals surface area contributed by atoms with Gasteiger partial charge < -0.3 is 10.2 Å². The van der Waals surface area contributed by atoms with Gasteiger partial charge in [0.25, 0.3) is 0 Å². The van der Waals surface area contributed by atoms with Gasteiger partial charge in [0, 0.05) is 18.8 Å². The first-order valence-electron chi connectivity index (χ1n) is 7.18. The molecule has 21 heavy (non-hydrogen) atoms. The molecule has 1 aliphatic heterocycles. The molecule has 2 heterocycles. The number of nitrogens with one attached hydrogen (secondary N) is 1. The first kappa shape index (κ1) is 13.7. The van der Waals surface area contributed by atoms with Crippen molar-refractivity contribution in [3.63, 3.8) is 0 Å². The van der Waals surface area contributed by atoms with Crippen LogP contribution in [-0.4, -0.2) is 28.3 Å². The zero-order valence-corrected chi connectivity index (χ0v) is 12.0. The van der Waals surface area contributed by atoms with Crippen LogP contribution in [0.2, 0.25) is 0 Å². The Balaban J connectivity index is 1.75. The maximum absolute atomic E-state index is 12.9. The molecule has 1 fully saturated rings. The molecule has 1 unspecified atom stereocenters. The first-order chi connectivity index (χ1) is 10.2. The number of halogens is 1. The van der Waals surface area contributed by atoms with Crippen molar-refractivity contribution < 1.29 is 4.39 Å². The number of anilines is 3. The molecule has 1 saturated heterocycles. The minimum absolute atomic E-state index is 0.260. The van der Waals surface area contributed by atoms with Gasteiger partial charge in [-0.1, -0.05) is 6.92 Å². The van der Waals surface area contributed by atoms with Crippen molar-refractivity contribution in [1.82, 2.24) is 15.2 Å². The van der Waals surface area contributed by atoms with E-state index in [0.29, 0.717) is 17.7 Å². The summed E-state index contributed by atoms with van der Waals surface area (Å²) in [5.41, 5.74) is 0.773. The van der Waals surface area contributed by atoms with Crippen molar-refractivity contribution in [3.8, 4) is 0 Å². The Morgan fingerprint density at radius 2 is 2.10 bits per heavy atom. The second-order valence-electron chi connectivity index (χ2n) is 5.47. The van der Waals surface area contributed by atoms with Gasteiger partial charge in [-0.25, -0.2) is 4.39 Å². The fourth-order valence-electron chi connectivity index (χ4n) is 2.54. The topological polar surface area (TPSA) is 53.9 Å². The van der Waals surface area contributed by atoms with Gasteiger partial charge in [-0.2, -0.15) is 10.1 Å². The van der Waals surface area contributed by atoms with E-state index in [2.05, 4.69) is 32.3 Å². The SMILES string of the molecule is CC1CCCN(c2nncc(Nc3ccc(F)cc3)n2)C1. The molecule has 0 radical (unpaired) electrons. The van der Waals surface area contributed by atoms with Crippen LogP contribution in [-0.2, 0) is 0 Å². The molecule has 0 aliphatic carbocycles. The number of hydrogen-bond donors (Lipinski definition) is 1. The van der Waals surface area contributed by atoms with Crippen LogP contribution in [0.5, 0.6) is 0 Å². The highest BCUT2D eigenvalue weighted by Crippen LogP contribution is 2.21. The van der Waals surface area contributed by atoms with Crippen molar-refractivity contribution in [2.24, 2.45) is 5.92 Å². The van der Waals surface area contributed by atoms with Crippen LogP contribution >= 0.6 is 0 Å². The summed E-state index contributed by atoms with van der Waals surface area (Å²) >= 11 is 0. The lowest BCUT2D eigenvalue weighted by atomic mass is 10.0. The third kappa shape index (κ3) is 3.45.